The number of aromatic nitrogens is 1. The summed E-state index contributed by atoms with van der Waals surface area (Å²) in [6.45, 7) is 0.935. The van der Waals surface area contributed by atoms with E-state index in [4.69, 9.17) is 15.2 Å². The summed E-state index contributed by atoms with van der Waals surface area (Å²) in [7, 11) is 3.08. The summed E-state index contributed by atoms with van der Waals surface area (Å²) in [4.78, 5) is 4.16. The molecule has 0 spiro atoms. The van der Waals surface area contributed by atoms with Crippen LogP contribution in [0.1, 0.15) is 6.42 Å². The topological polar surface area (TPSA) is 89.6 Å². The molecule has 1 aromatic rings. The molecule has 0 aromatic carbocycles. The smallest absolute Gasteiger partial charge is 0.238 e. The second-order valence-corrected chi connectivity index (χ2v) is 3.62. The molecule has 17 heavy (non-hydrogen) atoms. The van der Waals surface area contributed by atoms with Crippen molar-refractivity contribution in [2.45, 2.75) is 12.5 Å². The van der Waals surface area contributed by atoms with Crippen molar-refractivity contribution in [2.75, 3.05) is 38.4 Å². The number of methoxy groups -OCH3 is 2. The van der Waals surface area contributed by atoms with Crippen molar-refractivity contribution in [3.05, 3.63) is 12.1 Å². The minimum atomic E-state index is -0.469. The summed E-state index contributed by atoms with van der Waals surface area (Å²) in [6, 6.07) is 3.49. The predicted molar refractivity (Wildman–Crippen MR) is 66.2 cm³/mol. The standard InChI is InChI=1S/C11H19N3O3/c1-16-7-8(15)5-6-13-10-4-3-9(12)11(14-10)17-2/h3-4,8,15H,5-7,12H2,1-2H3,(H,13,14). The molecule has 1 atom stereocenters. The zero-order valence-corrected chi connectivity index (χ0v) is 10.1. The molecule has 0 saturated carbocycles. The Morgan fingerprint density at radius 3 is 2.88 bits per heavy atom. The normalized spacial score (nSPS) is 12.2. The Balaban J connectivity index is 2.41. The van der Waals surface area contributed by atoms with E-state index in [-0.39, 0.29) is 0 Å². The van der Waals surface area contributed by atoms with E-state index in [9.17, 15) is 5.11 Å². The van der Waals surface area contributed by atoms with Gasteiger partial charge in [-0.25, -0.2) is 0 Å². The van der Waals surface area contributed by atoms with Crippen molar-refractivity contribution in [3.8, 4) is 5.88 Å². The molecule has 1 heterocycles. The summed E-state index contributed by atoms with van der Waals surface area (Å²) < 4.78 is 9.83. The average Bonchev–Trinajstić information content (AvgIpc) is 2.31. The number of hydrogen-bond donors (Lipinski definition) is 3. The molecule has 0 saturated heterocycles. The Kier molecular flexibility index (Phi) is 5.51. The van der Waals surface area contributed by atoms with Crippen LogP contribution >= 0.6 is 0 Å². The van der Waals surface area contributed by atoms with Crippen molar-refractivity contribution in [2.24, 2.45) is 0 Å². The van der Waals surface area contributed by atoms with Crippen molar-refractivity contribution < 1.29 is 14.6 Å². The van der Waals surface area contributed by atoms with E-state index in [0.29, 0.717) is 37.0 Å². The highest BCUT2D eigenvalue weighted by atomic mass is 16.5. The molecule has 0 aliphatic carbocycles. The quantitative estimate of drug-likeness (QED) is 0.643. The minimum absolute atomic E-state index is 0.333. The monoisotopic (exact) mass is 241 g/mol. The van der Waals surface area contributed by atoms with Crippen LogP contribution in [-0.4, -0.2) is 43.6 Å². The first kappa shape index (κ1) is 13.5. The first-order valence-electron chi connectivity index (χ1n) is 5.38. The van der Waals surface area contributed by atoms with Crippen LogP contribution in [0.25, 0.3) is 0 Å². The number of nitrogens with one attached hydrogen (secondary N) is 1. The number of rotatable bonds is 7. The fourth-order valence-corrected chi connectivity index (χ4v) is 1.36. The van der Waals surface area contributed by atoms with Gasteiger partial charge < -0.3 is 25.6 Å². The van der Waals surface area contributed by atoms with E-state index in [2.05, 4.69) is 10.3 Å². The van der Waals surface area contributed by atoms with Crippen molar-refractivity contribution in [1.82, 2.24) is 4.98 Å². The first-order valence-corrected chi connectivity index (χ1v) is 5.38. The minimum Gasteiger partial charge on any atom is -0.479 e. The second-order valence-electron chi connectivity index (χ2n) is 3.62. The third kappa shape index (κ3) is 4.46. The largest absolute Gasteiger partial charge is 0.479 e. The fraction of sp³-hybridized carbons (Fsp3) is 0.545. The van der Waals surface area contributed by atoms with Crippen molar-refractivity contribution in [1.29, 1.82) is 0 Å². The molecule has 0 fully saturated rings. The maximum atomic E-state index is 9.44. The number of hydrogen-bond acceptors (Lipinski definition) is 6. The number of ether oxygens (including phenoxy) is 2. The van der Waals surface area contributed by atoms with Crippen LogP contribution in [0.4, 0.5) is 11.5 Å². The lowest BCUT2D eigenvalue weighted by Gasteiger charge is -2.11. The highest BCUT2D eigenvalue weighted by Crippen LogP contribution is 2.19. The van der Waals surface area contributed by atoms with Gasteiger partial charge in [0.2, 0.25) is 5.88 Å². The van der Waals surface area contributed by atoms with Gasteiger partial charge in [-0.05, 0) is 18.6 Å². The number of nitrogens with zero attached hydrogens (tertiary/aromatic N) is 1. The van der Waals surface area contributed by atoms with Gasteiger partial charge in [-0.15, -0.1) is 0 Å². The molecule has 4 N–H and O–H groups in total. The molecule has 1 aromatic heterocycles. The molecule has 0 amide bonds. The molecule has 0 radical (unpaired) electrons. The van der Waals surface area contributed by atoms with Crippen LogP contribution in [0.2, 0.25) is 0 Å². The van der Waals surface area contributed by atoms with Crippen molar-refractivity contribution >= 4 is 11.5 Å². The number of pyridine rings is 1. The van der Waals surface area contributed by atoms with Gasteiger partial charge in [0, 0.05) is 13.7 Å². The van der Waals surface area contributed by atoms with Gasteiger partial charge in [0.15, 0.2) is 0 Å². The summed E-state index contributed by atoms with van der Waals surface area (Å²) in [5.74, 6) is 1.06. The Hall–Kier alpha value is -1.53. The van der Waals surface area contributed by atoms with Crippen molar-refractivity contribution in [3.63, 3.8) is 0 Å². The van der Waals surface area contributed by atoms with Crippen LogP contribution in [0.15, 0.2) is 12.1 Å². The summed E-state index contributed by atoms with van der Waals surface area (Å²) >= 11 is 0. The maximum Gasteiger partial charge on any atom is 0.238 e. The van der Waals surface area contributed by atoms with E-state index in [1.807, 2.05) is 0 Å². The third-order valence-electron chi connectivity index (χ3n) is 2.23. The van der Waals surface area contributed by atoms with E-state index in [1.54, 1.807) is 19.2 Å². The zero-order valence-electron chi connectivity index (χ0n) is 10.1. The molecule has 96 valence electrons. The van der Waals surface area contributed by atoms with Crippen LogP contribution in [-0.2, 0) is 4.74 Å². The molecule has 0 aliphatic rings. The maximum absolute atomic E-state index is 9.44. The molecular formula is C11H19N3O3. The predicted octanol–water partition coefficient (Wildman–Crippen LogP) is 0.482. The summed E-state index contributed by atoms with van der Waals surface area (Å²) in [5, 5.41) is 12.5. The molecule has 0 aliphatic heterocycles. The molecular weight excluding hydrogens is 222 g/mol. The van der Waals surface area contributed by atoms with E-state index in [0.717, 1.165) is 0 Å². The van der Waals surface area contributed by atoms with Crippen LogP contribution in [0.5, 0.6) is 5.88 Å². The molecule has 1 unspecified atom stereocenters. The van der Waals surface area contributed by atoms with Crippen LogP contribution < -0.4 is 15.8 Å². The van der Waals surface area contributed by atoms with E-state index < -0.39 is 6.10 Å². The number of anilines is 2. The Morgan fingerprint density at radius 1 is 1.47 bits per heavy atom. The SMILES string of the molecule is COCC(O)CCNc1ccc(N)c(OC)n1. The first-order chi connectivity index (χ1) is 8.17. The molecule has 1 rings (SSSR count). The average molecular weight is 241 g/mol. The Bertz CT molecular complexity index is 347. The molecule has 0 bridgehead atoms. The summed E-state index contributed by atoms with van der Waals surface area (Å²) in [6.07, 6.45) is 0.116. The second kappa shape index (κ2) is 6.93. The van der Waals surface area contributed by atoms with Gasteiger partial charge in [-0.3, -0.25) is 0 Å². The van der Waals surface area contributed by atoms with E-state index in [1.165, 1.54) is 7.11 Å². The number of nitrogen functional groups attached to an aromatic ring is 1. The molecule has 6 heteroatoms. The fourth-order valence-electron chi connectivity index (χ4n) is 1.36. The Labute approximate surface area is 101 Å². The summed E-state index contributed by atoms with van der Waals surface area (Å²) in [5.41, 5.74) is 6.14. The van der Waals surface area contributed by atoms with Gasteiger partial charge in [-0.1, -0.05) is 0 Å². The lowest BCUT2D eigenvalue weighted by molar-refractivity contribution is 0.0615. The molecule has 6 nitrogen and oxygen atoms in total. The van der Waals surface area contributed by atoms with Crippen LogP contribution in [0, 0.1) is 0 Å². The zero-order chi connectivity index (χ0) is 12.7. The van der Waals surface area contributed by atoms with E-state index >= 15 is 0 Å². The third-order valence-corrected chi connectivity index (χ3v) is 2.23. The highest BCUT2D eigenvalue weighted by molar-refractivity contribution is 5.53. The van der Waals surface area contributed by atoms with Gasteiger partial charge in [-0.2, -0.15) is 4.98 Å². The lowest BCUT2D eigenvalue weighted by atomic mass is 10.2. The number of aliphatic hydroxyl groups is 1. The van der Waals surface area contributed by atoms with Gasteiger partial charge in [0.1, 0.15) is 5.82 Å². The number of nitrogens with two attached hydrogens (primary N) is 1. The van der Waals surface area contributed by atoms with Gasteiger partial charge >= 0.3 is 0 Å². The Morgan fingerprint density at radius 2 is 2.24 bits per heavy atom. The van der Waals surface area contributed by atoms with Crippen LogP contribution in [0.3, 0.4) is 0 Å². The van der Waals surface area contributed by atoms with Gasteiger partial charge in [0.25, 0.3) is 0 Å². The lowest BCUT2D eigenvalue weighted by Crippen LogP contribution is -2.18. The number of aliphatic hydroxyl groups excluding tert-OH is 1. The van der Waals surface area contributed by atoms with Gasteiger partial charge in [0.05, 0.1) is 25.5 Å². The highest BCUT2D eigenvalue weighted by Gasteiger charge is 2.05.